The zero-order valence-electron chi connectivity index (χ0n) is 16.2. The number of piperidine rings is 1. The summed E-state index contributed by atoms with van der Waals surface area (Å²) in [4.78, 5) is 26.0. The van der Waals surface area contributed by atoms with Gasteiger partial charge < -0.3 is 10.8 Å². The van der Waals surface area contributed by atoms with Gasteiger partial charge in [-0.1, -0.05) is 44.5 Å². The van der Waals surface area contributed by atoms with Crippen LogP contribution in [0.2, 0.25) is 0 Å². The van der Waals surface area contributed by atoms with Crippen LogP contribution in [0.1, 0.15) is 63.6 Å². The highest BCUT2D eigenvalue weighted by atomic mass is 16.3. The number of rotatable bonds is 8. The van der Waals surface area contributed by atoms with Crippen LogP contribution in [0.4, 0.5) is 0 Å². The fourth-order valence-corrected chi connectivity index (χ4v) is 4.19. The molecule has 1 heterocycles. The first-order chi connectivity index (χ1) is 12.3. The molecular formula is C21H32N2O3. The molecule has 2 unspecified atom stereocenters. The number of Topliss-reactive ketones (excluding diaryl/α,β-unsaturated/α-hetero) is 1. The topological polar surface area (TPSA) is 83.6 Å². The minimum absolute atomic E-state index is 0.248. The van der Waals surface area contributed by atoms with Gasteiger partial charge in [0.1, 0.15) is 5.78 Å². The monoisotopic (exact) mass is 360 g/mol. The number of aryl methyl sites for hydroxylation is 1. The zero-order chi connectivity index (χ0) is 19.3. The smallest absolute Gasteiger partial charge is 0.248 e. The number of aliphatic hydroxyl groups is 1. The Labute approximate surface area is 156 Å². The van der Waals surface area contributed by atoms with Crippen molar-refractivity contribution >= 4 is 11.7 Å². The number of aliphatic hydroxyl groups excluding tert-OH is 1. The first-order valence-electron chi connectivity index (χ1n) is 9.66. The number of ketones is 1. The van der Waals surface area contributed by atoms with Gasteiger partial charge in [-0.3, -0.25) is 14.5 Å². The van der Waals surface area contributed by atoms with Crippen LogP contribution in [-0.4, -0.2) is 40.9 Å². The number of carbonyl (C=O) groups is 2. The number of amides is 1. The van der Waals surface area contributed by atoms with E-state index in [2.05, 4.69) is 18.7 Å². The summed E-state index contributed by atoms with van der Waals surface area (Å²) in [6, 6.07) is 7.52. The SMILES string of the molecule is CCCC1(C(C)=O)CCN(C(c2ccc(CC)cc2)C(O)C(N)=O)CC1. The maximum atomic E-state index is 12.2. The van der Waals surface area contributed by atoms with Gasteiger partial charge in [0.05, 0.1) is 6.04 Å². The van der Waals surface area contributed by atoms with Crippen molar-refractivity contribution in [2.45, 2.75) is 65.0 Å². The van der Waals surface area contributed by atoms with Crippen molar-refractivity contribution < 1.29 is 14.7 Å². The van der Waals surface area contributed by atoms with E-state index < -0.39 is 18.1 Å². The predicted octanol–water partition coefficient (Wildman–Crippen LogP) is 2.61. The average Bonchev–Trinajstić information content (AvgIpc) is 2.63. The second-order valence-corrected chi connectivity index (χ2v) is 7.51. The van der Waals surface area contributed by atoms with Crippen LogP contribution in [0.15, 0.2) is 24.3 Å². The van der Waals surface area contributed by atoms with Gasteiger partial charge in [-0.25, -0.2) is 0 Å². The minimum Gasteiger partial charge on any atom is -0.381 e. The summed E-state index contributed by atoms with van der Waals surface area (Å²) in [5.41, 5.74) is 7.25. The van der Waals surface area contributed by atoms with Crippen LogP contribution in [0.3, 0.4) is 0 Å². The van der Waals surface area contributed by atoms with Crippen LogP contribution >= 0.6 is 0 Å². The van der Waals surface area contributed by atoms with Crippen molar-refractivity contribution in [3.63, 3.8) is 0 Å². The lowest BCUT2D eigenvalue weighted by atomic mass is 9.71. The summed E-state index contributed by atoms with van der Waals surface area (Å²) in [7, 11) is 0. The summed E-state index contributed by atoms with van der Waals surface area (Å²) < 4.78 is 0. The number of likely N-dealkylation sites (tertiary alicyclic amines) is 1. The number of hydrogen-bond acceptors (Lipinski definition) is 4. The molecule has 0 spiro atoms. The molecule has 1 amide bonds. The third kappa shape index (κ3) is 4.33. The van der Waals surface area contributed by atoms with Gasteiger partial charge in [0, 0.05) is 5.41 Å². The van der Waals surface area contributed by atoms with Crippen LogP contribution in [0.5, 0.6) is 0 Å². The van der Waals surface area contributed by atoms with E-state index in [1.807, 2.05) is 24.3 Å². The molecule has 0 bridgehead atoms. The quantitative estimate of drug-likeness (QED) is 0.746. The van der Waals surface area contributed by atoms with Gasteiger partial charge in [0.2, 0.25) is 5.91 Å². The van der Waals surface area contributed by atoms with Crippen LogP contribution < -0.4 is 5.73 Å². The highest BCUT2D eigenvalue weighted by Crippen LogP contribution is 2.40. The number of nitrogens with zero attached hydrogens (tertiary/aromatic N) is 1. The maximum absolute atomic E-state index is 12.2. The predicted molar refractivity (Wildman–Crippen MR) is 103 cm³/mol. The van der Waals surface area contributed by atoms with E-state index in [-0.39, 0.29) is 11.2 Å². The second-order valence-electron chi connectivity index (χ2n) is 7.51. The average molecular weight is 360 g/mol. The molecule has 1 aliphatic rings. The Bertz CT molecular complexity index is 619. The van der Waals surface area contributed by atoms with Gasteiger partial charge in [0.15, 0.2) is 6.10 Å². The Morgan fingerprint density at radius 3 is 2.19 bits per heavy atom. The molecule has 1 aromatic rings. The Balaban J connectivity index is 2.24. The molecule has 0 radical (unpaired) electrons. The fourth-order valence-electron chi connectivity index (χ4n) is 4.19. The van der Waals surface area contributed by atoms with E-state index in [0.717, 1.165) is 37.7 Å². The fraction of sp³-hybridized carbons (Fsp3) is 0.619. The Hall–Kier alpha value is -1.72. The van der Waals surface area contributed by atoms with Crippen LogP contribution in [0.25, 0.3) is 0 Å². The molecule has 0 aromatic heterocycles. The van der Waals surface area contributed by atoms with Crippen molar-refractivity contribution in [2.75, 3.05) is 13.1 Å². The van der Waals surface area contributed by atoms with Crippen molar-refractivity contribution in [3.05, 3.63) is 35.4 Å². The van der Waals surface area contributed by atoms with E-state index in [1.165, 1.54) is 5.56 Å². The largest absolute Gasteiger partial charge is 0.381 e. The molecule has 3 N–H and O–H groups in total. The molecule has 0 saturated carbocycles. The molecule has 26 heavy (non-hydrogen) atoms. The summed E-state index contributed by atoms with van der Waals surface area (Å²) in [6.07, 6.45) is 3.05. The summed E-state index contributed by atoms with van der Waals surface area (Å²) in [6.45, 7) is 7.22. The van der Waals surface area contributed by atoms with Gasteiger partial charge in [-0.15, -0.1) is 0 Å². The van der Waals surface area contributed by atoms with Gasteiger partial charge in [-0.05, 0) is 56.8 Å². The van der Waals surface area contributed by atoms with Crippen molar-refractivity contribution in [1.82, 2.24) is 4.90 Å². The molecule has 1 saturated heterocycles. The summed E-state index contributed by atoms with van der Waals surface area (Å²) in [5.74, 6) is -0.468. The number of primary amides is 1. The number of benzene rings is 1. The summed E-state index contributed by atoms with van der Waals surface area (Å²) >= 11 is 0. The molecule has 5 heteroatoms. The highest BCUT2D eigenvalue weighted by molar-refractivity contribution is 5.82. The van der Waals surface area contributed by atoms with Crippen molar-refractivity contribution in [1.29, 1.82) is 0 Å². The van der Waals surface area contributed by atoms with E-state index in [4.69, 9.17) is 5.73 Å². The second kappa shape index (κ2) is 8.78. The molecule has 2 rings (SSSR count). The number of hydrogen-bond donors (Lipinski definition) is 2. The summed E-state index contributed by atoms with van der Waals surface area (Å²) in [5, 5.41) is 10.5. The van der Waals surface area contributed by atoms with Crippen molar-refractivity contribution in [3.8, 4) is 0 Å². The molecule has 144 valence electrons. The minimum atomic E-state index is -1.27. The van der Waals surface area contributed by atoms with E-state index >= 15 is 0 Å². The normalized spacial score (nSPS) is 19.7. The first-order valence-corrected chi connectivity index (χ1v) is 9.66. The molecule has 5 nitrogen and oxygen atoms in total. The maximum Gasteiger partial charge on any atom is 0.248 e. The number of carbonyl (C=O) groups excluding carboxylic acids is 2. The molecule has 1 aromatic carbocycles. The zero-order valence-corrected chi connectivity index (χ0v) is 16.2. The van der Waals surface area contributed by atoms with Gasteiger partial charge in [-0.2, -0.15) is 0 Å². The molecule has 0 aliphatic carbocycles. The van der Waals surface area contributed by atoms with E-state index in [9.17, 15) is 14.7 Å². The molecular weight excluding hydrogens is 328 g/mol. The van der Waals surface area contributed by atoms with Crippen LogP contribution in [-0.2, 0) is 16.0 Å². The standard InChI is InChI=1S/C21H32N2O3/c1-4-10-21(15(3)24)11-13-23(14-12-21)18(19(25)20(22)26)17-8-6-16(5-2)7-9-17/h6-9,18-19,25H,4-5,10-14H2,1-3H3,(H2,22,26). The number of nitrogens with two attached hydrogens (primary N) is 1. The van der Waals surface area contributed by atoms with Crippen molar-refractivity contribution in [2.24, 2.45) is 11.1 Å². The third-order valence-corrected chi connectivity index (χ3v) is 5.94. The van der Waals surface area contributed by atoms with Gasteiger partial charge in [0.25, 0.3) is 0 Å². The first kappa shape index (κ1) is 20.6. The van der Waals surface area contributed by atoms with Crippen LogP contribution in [0, 0.1) is 5.41 Å². The molecule has 1 fully saturated rings. The Morgan fingerprint density at radius 2 is 1.77 bits per heavy atom. The Kier molecular flexibility index (Phi) is 6.95. The van der Waals surface area contributed by atoms with E-state index in [0.29, 0.717) is 13.1 Å². The van der Waals surface area contributed by atoms with Gasteiger partial charge >= 0.3 is 0 Å². The molecule has 2 atom stereocenters. The third-order valence-electron chi connectivity index (χ3n) is 5.94. The molecule has 1 aliphatic heterocycles. The Morgan fingerprint density at radius 1 is 1.19 bits per heavy atom. The lowest BCUT2D eigenvalue weighted by Gasteiger charge is -2.44. The highest BCUT2D eigenvalue weighted by Gasteiger charge is 2.41. The lowest BCUT2D eigenvalue weighted by molar-refractivity contribution is -0.135. The van der Waals surface area contributed by atoms with E-state index in [1.54, 1.807) is 6.92 Å². The lowest BCUT2D eigenvalue weighted by Crippen LogP contribution is -2.49.